The standard InChI is InChI=1S/C16H25NO/c1-4-16(17,12(2)3)11-15-14-8-6-5-7-13(14)9-10-18-15/h5-8,12,15H,4,9-11,17H2,1-3H3. The topological polar surface area (TPSA) is 35.2 Å². The third-order valence-corrected chi connectivity index (χ3v) is 4.47. The van der Waals surface area contributed by atoms with Crippen LogP contribution < -0.4 is 5.73 Å². The van der Waals surface area contributed by atoms with Gasteiger partial charge in [-0.25, -0.2) is 0 Å². The number of ether oxygens (including phenoxy) is 1. The summed E-state index contributed by atoms with van der Waals surface area (Å²) < 4.78 is 5.97. The summed E-state index contributed by atoms with van der Waals surface area (Å²) in [5.41, 5.74) is 9.19. The van der Waals surface area contributed by atoms with E-state index < -0.39 is 0 Å². The molecule has 1 aliphatic rings. The molecule has 2 atom stereocenters. The molecule has 0 spiro atoms. The second kappa shape index (κ2) is 5.41. The van der Waals surface area contributed by atoms with Crippen LogP contribution in [-0.2, 0) is 11.2 Å². The number of hydrogen-bond donors (Lipinski definition) is 1. The minimum Gasteiger partial charge on any atom is -0.373 e. The first-order valence-electron chi connectivity index (χ1n) is 7.05. The Morgan fingerprint density at radius 2 is 2.11 bits per heavy atom. The molecule has 2 rings (SSSR count). The van der Waals surface area contributed by atoms with Crippen LogP contribution in [0.25, 0.3) is 0 Å². The highest BCUT2D eigenvalue weighted by Crippen LogP contribution is 2.36. The largest absolute Gasteiger partial charge is 0.373 e. The van der Waals surface area contributed by atoms with Crippen LogP contribution in [0.15, 0.2) is 24.3 Å². The fourth-order valence-corrected chi connectivity index (χ4v) is 2.78. The summed E-state index contributed by atoms with van der Waals surface area (Å²) in [6.45, 7) is 7.41. The number of nitrogens with two attached hydrogens (primary N) is 1. The Hall–Kier alpha value is -0.860. The molecule has 2 unspecified atom stereocenters. The molecule has 2 N–H and O–H groups in total. The van der Waals surface area contributed by atoms with Crippen LogP contribution in [0.5, 0.6) is 0 Å². The Balaban J connectivity index is 2.21. The van der Waals surface area contributed by atoms with Crippen molar-refractivity contribution in [3.8, 4) is 0 Å². The number of fused-ring (bicyclic) bond motifs is 1. The normalized spacial score (nSPS) is 22.6. The van der Waals surface area contributed by atoms with E-state index in [0.717, 1.165) is 25.9 Å². The van der Waals surface area contributed by atoms with Crippen LogP contribution in [0.1, 0.15) is 50.8 Å². The van der Waals surface area contributed by atoms with Crippen LogP contribution in [-0.4, -0.2) is 12.1 Å². The lowest BCUT2D eigenvalue weighted by molar-refractivity contribution is 0.0134. The van der Waals surface area contributed by atoms with Crippen molar-refractivity contribution >= 4 is 0 Å². The smallest absolute Gasteiger partial charge is 0.0845 e. The van der Waals surface area contributed by atoms with E-state index in [0.29, 0.717) is 5.92 Å². The molecule has 0 saturated heterocycles. The van der Waals surface area contributed by atoms with Gasteiger partial charge in [0.15, 0.2) is 0 Å². The summed E-state index contributed by atoms with van der Waals surface area (Å²) >= 11 is 0. The summed E-state index contributed by atoms with van der Waals surface area (Å²) in [6, 6.07) is 8.61. The van der Waals surface area contributed by atoms with E-state index in [-0.39, 0.29) is 11.6 Å². The zero-order chi connectivity index (χ0) is 13.2. The molecule has 1 aromatic carbocycles. The second-order valence-electron chi connectivity index (χ2n) is 5.75. The van der Waals surface area contributed by atoms with Gasteiger partial charge in [-0.2, -0.15) is 0 Å². The average molecular weight is 247 g/mol. The highest BCUT2D eigenvalue weighted by atomic mass is 16.5. The molecule has 0 fully saturated rings. The summed E-state index contributed by atoms with van der Waals surface area (Å²) in [4.78, 5) is 0. The predicted octanol–water partition coefficient (Wildman–Crippen LogP) is 3.45. The van der Waals surface area contributed by atoms with Crippen LogP contribution in [0.3, 0.4) is 0 Å². The number of hydrogen-bond acceptors (Lipinski definition) is 2. The molecule has 100 valence electrons. The van der Waals surface area contributed by atoms with Gasteiger partial charge in [-0.1, -0.05) is 45.0 Å². The minimum atomic E-state index is -0.130. The van der Waals surface area contributed by atoms with Crippen molar-refractivity contribution in [3.63, 3.8) is 0 Å². The molecular weight excluding hydrogens is 222 g/mol. The number of benzene rings is 1. The Kier molecular flexibility index (Phi) is 4.08. The monoisotopic (exact) mass is 247 g/mol. The highest BCUT2D eigenvalue weighted by molar-refractivity contribution is 5.31. The third-order valence-electron chi connectivity index (χ3n) is 4.47. The van der Waals surface area contributed by atoms with Gasteiger partial charge in [0.05, 0.1) is 12.7 Å². The van der Waals surface area contributed by atoms with Gasteiger partial charge >= 0.3 is 0 Å². The third kappa shape index (κ3) is 2.60. The molecule has 0 saturated carbocycles. The molecular formula is C16H25NO. The van der Waals surface area contributed by atoms with Gasteiger partial charge in [0, 0.05) is 5.54 Å². The van der Waals surface area contributed by atoms with Crippen LogP contribution in [0, 0.1) is 5.92 Å². The first-order chi connectivity index (χ1) is 8.57. The Bertz CT molecular complexity index is 402. The molecule has 2 nitrogen and oxygen atoms in total. The average Bonchev–Trinajstić information content (AvgIpc) is 2.39. The SMILES string of the molecule is CCC(N)(CC1OCCc2ccccc21)C(C)C. The van der Waals surface area contributed by atoms with Crippen molar-refractivity contribution in [3.05, 3.63) is 35.4 Å². The lowest BCUT2D eigenvalue weighted by Gasteiger charge is -2.38. The lowest BCUT2D eigenvalue weighted by atomic mass is 9.78. The van der Waals surface area contributed by atoms with Gasteiger partial charge in [-0.05, 0) is 36.3 Å². The first-order valence-corrected chi connectivity index (χ1v) is 7.05. The van der Waals surface area contributed by atoms with Crippen molar-refractivity contribution < 1.29 is 4.74 Å². The van der Waals surface area contributed by atoms with E-state index in [4.69, 9.17) is 10.5 Å². The molecule has 0 radical (unpaired) electrons. The van der Waals surface area contributed by atoms with E-state index in [9.17, 15) is 0 Å². The van der Waals surface area contributed by atoms with Crippen molar-refractivity contribution in [2.24, 2.45) is 11.7 Å². The van der Waals surface area contributed by atoms with Gasteiger partial charge in [0.1, 0.15) is 0 Å². The molecule has 18 heavy (non-hydrogen) atoms. The van der Waals surface area contributed by atoms with E-state index >= 15 is 0 Å². The summed E-state index contributed by atoms with van der Waals surface area (Å²) in [7, 11) is 0. The molecule has 0 amide bonds. The van der Waals surface area contributed by atoms with E-state index in [1.165, 1.54) is 11.1 Å². The van der Waals surface area contributed by atoms with E-state index in [2.05, 4.69) is 45.0 Å². The molecule has 0 aliphatic carbocycles. The molecule has 2 heteroatoms. The van der Waals surface area contributed by atoms with Crippen molar-refractivity contribution in [2.75, 3.05) is 6.61 Å². The van der Waals surface area contributed by atoms with Crippen LogP contribution in [0.2, 0.25) is 0 Å². The van der Waals surface area contributed by atoms with Crippen LogP contribution in [0.4, 0.5) is 0 Å². The van der Waals surface area contributed by atoms with Gasteiger partial charge in [-0.15, -0.1) is 0 Å². The molecule has 1 aliphatic heterocycles. The molecule has 1 heterocycles. The van der Waals surface area contributed by atoms with Crippen molar-refractivity contribution in [2.45, 2.75) is 51.7 Å². The van der Waals surface area contributed by atoms with E-state index in [1.807, 2.05) is 0 Å². The summed E-state index contributed by atoms with van der Waals surface area (Å²) in [5, 5.41) is 0. The second-order valence-corrected chi connectivity index (χ2v) is 5.75. The Morgan fingerprint density at radius 3 is 2.78 bits per heavy atom. The molecule has 0 bridgehead atoms. The first kappa shape index (κ1) is 13.6. The maximum Gasteiger partial charge on any atom is 0.0845 e. The van der Waals surface area contributed by atoms with Gasteiger partial charge in [0.2, 0.25) is 0 Å². The number of rotatable bonds is 4. The Morgan fingerprint density at radius 1 is 1.39 bits per heavy atom. The maximum atomic E-state index is 6.55. The zero-order valence-electron chi connectivity index (χ0n) is 11.8. The van der Waals surface area contributed by atoms with Gasteiger partial charge in [-0.3, -0.25) is 0 Å². The molecule has 1 aromatic rings. The lowest BCUT2D eigenvalue weighted by Crippen LogP contribution is -2.46. The van der Waals surface area contributed by atoms with Crippen molar-refractivity contribution in [1.82, 2.24) is 0 Å². The zero-order valence-corrected chi connectivity index (χ0v) is 11.8. The Labute approximate surface area is 111 Å². The molecule has 0 aromatic heterocycles. The predicted molar refractivity (Wildman–Crippen MR) is 75.5 cm³/mol. The summed E-state index contributed by atoms with van der Waals surface area (Å²) in [5.74, 6) is 0.472. The fraction of sp³-hybridized carbons (Fsp3) is 0.625. The van der Waals surface area contributed by atoms with Crippen LogP contribution >= 0.6 is 0 Å². The quantitative estimate of drug-likeness (QED) is 0.884. The van der Waals surface area contributed by atoms with Gasteiger partial charge < -0.3 is 10.5 Å². The highest BCUT2D eigenvalue weighted by Gasteiger charge is 2.33. The van der Waals surface area contributed by atoms with E-state index in [1.54, 1.807) is 0 Å². The van der Waals surface area contributed by atoms with Crippen molar-refractivity contribution in [1.29, 1.82) is 0 Å². The maximum absolute atomic E-state index is 6.55. The minimum absolute atomic E-state index is 0.130. The fourth-order valence-electron chi connectivity index (χ4n) is 2.78. The van der Waals surface area contributed by atoms with Gasteiger partial charge in [0.25, 0.3) is 0 Å². The summed E-state index contributed by atoms with van der Waals surface area (Å²) in [6.07, 6.45) is 3.10.